The van der Waals surface area contributed by atoms with Gasteiger partial charge in [-0.15, -0.1) is 0 Å². The van der Waals surface area contributed by atoms with Gasteiger partial charge in [-0.1, -0.05) is 24.4 Å². The highest BCUT2D eigenvalue weighted by molar-refractivity contribution is 7.89. The van der Waals surface area contributed by atoms with Crippen LogP contribution in [0.15, 0.2) is 53.4 Å². The highest BCUT2D eigenvalue weighted by Gasteiger charge is 2.25. The van der Waals surface area contributed by atoms with Crippen molar-refractivity contribution in [3.8, 4) is 0 Å². The zero-order chi connectivity index (χ0) is 20.9. The van der Waals surface area contributed by atoms with Crippen LogP contribution in [0, 0.1) is 0 Å². The van der Waals surface area contributed by atoms with E-state index in [0.29, 0.717) is 23.7 Å². The average Bonchev–Trinajstić information content (AvgIpc) is 3.02. The molecule has 2 aromatic carbocycles. The van der Waals surface area contributed by atoms with Gasteiger partial charge in [-0.3, -0.25) is 4.79 Å². The van der Waals surface area contributed by atoms with E-state index in [-0.39, 0.29) is 16.2 Å². The number of halogens is 1. The second-order valence-corrected chi connectivity index (χ2v) is 9.22. The molecule has 1 aliphatic rings. The van der Waals surface area contributed by atoms with Crippen LogP contribution < -0.4 is 0 Å². The van der Waals surface area contributed by atoms with Crippen molar-refractivity contribution >= 4 is 33.4 Å². The molecule has 0 amide bonds. The summed E-state index contributed by atoms with van der Waals surface area (Å²) in [6.07, 6.45) is 3.77. The van der Waals surface area contributed by atoms with Crippen molar-refractivity contribution in [2.45, 2.75) is 30.6 Å². The Morgan fingerprint density at radius 1 is 0.862 bits per heavy atom. The normalized spacial score (nSPS) is 15.5. The summed E-state index contributed by atoms with van der Waals surface area (Å²) in [4.78, 5) is 24.4. The molecule has 154 valence electrons. The van der Waals surface area contributed by atoms with E-state index in [9.17, 15) is 18.0 Å². The number of ether oxygens (including phenoxy) is 1. The topological polar surface area (TPSA) is 80.8 Å². The number of hydrogen-bond acceptors (Lipinski definition) is 5. The molecule has 0 N–H and O–H groups in total. The number of carbonyl (C=O) groups is 2. The fourth-order valence-electron chi connectivity index (χ4n) is 3.13. The highest BCUT2D eigenvalue weighted by atomic mass is 35.5. The molecule has 3 rings (SSSR count). The lowest BCUT2D eigenvalue weighted by Gasteiger charge is -2.19. The Balaban J connectivity index is 1.62. The van der Waals surface area contributed by atoms with Crippen molar-refractivity contribution in [1.82, 2.24) is 4.31 Å². The summed E-state index contributed by atoms with van der Waals surface area (Å²) in [6, 6.07) is 11.9. The fraction of sp³-hybridized carbons (Fsp3) is 0.333. The number of esters is 1. The summed E-state index contributed by atoms with van der Waals surface area (Å²) in [5, 5.41) is 0.508. The summed E-state index contributed by atoms with van der Waals surface area (Å²) < 4.78 is 32.1. The van der Waals surface area contributed by atoms with Gasteiger partial charge in [-0.2, -0.15) is 4.31 Å². The first-order valence-corrected chi connectivity index (χ1v) is 11.3. The summed E-state index contributed by atoms with van der Waals surface area (Å²) in [6.45, 7) is 0.617. The first-order valence-electron chi connectivity index (χ1n) is 9.44. The van der Waals surface area contributed by atoms with Crippen molar-refractivity contribution in [2.24, 2.45) is 0 Å². The van der Waals surface area contributed by atoms with Crippen LogP contribution in [-0.4, -0.2) is 44.2 Å². The van der Waals surface area contributed by atoms with Crippen molar-refractivity contribution < 1.29 is 22.7 Å². The first-order chi connectivity index (χ1) is 13.9. The minimum Gasteiger partial charge on any atom is -0.454 e. The number of Topliss-reactive ketones (excluding diaryl/α,β-unsaturated/α-hetero) is 1. The zero-order valence-corrected chi connectivity index (χ0v) is 17.4. The Hall–Kier alpha value is -2.22. The molecule has 1 saturated heterocycles. The number of carbonyl (C=O) groups excluding carboxylic acids is 2. The second-order valence-electron chi connectivity index (χ2n) is 6.85. The molecule has 1 heterocycles. The number of benzene rings is 2. The van der Waals surface area contributed by atoms with Crippen LogP contribution in [0.1, 0.15) is 46.4 Å². The second kappa shape index (κ2) is 9.52. The van der Waals surface area contributed by atoms with Crippen LogP contribution in [0.5, 0.6) is 0 Å². The summed E-state index contributed by atoms with van der Waals surface area (Å²) in [7, 11) is -3.58. The van der Waals surface area contributed by atoms with Gasteiger partial charge >= 0.3 is 5.97 Å². The molecule has 8 heteroatoms. The molecular weight excluding hydrogens is 414 g/mol. The van der Waals surface area contributed by atoms with Crippen LogP contribution in [0.2, 0.25) is 5.02 Å². The number of nitrogens with zero attached hydrogens (tertiary/aromatic N) is 1. The van der Waals surface area contributed by atoms with Gasteiger partial charge in [0.1, 0.15) is 0 Å². The molecular formula is C21H22ClNO5S. The lowest BCUT2D eigenvalue weighted by Crippen LogP contribution is -2.31. The molecule has 0 spiro atoms. The van der Waals surface area contributed by atoms with Crippen molar-refractivity contribution in [3.63, 3.8) is 0 Å². The smallest absolute Gasteiger partial charge is 0.338 e. The molecule has 0 aromatic heterocycles. The first kappa shape index (κ1) is 21.5. The summed E-state index contributed by atoms with van der Waals surface area (Å²) in [5.41, 5.74) is 0.574. The molecule has 0 unspecified atom stereocenters. The Kier molecular flexibility index (Phi) is 7.05. The number of hydrogen-bond donors (Lipinski definition) is 0. The number of rotatable bonds is 6. The Morgan fingerprint density at radius 3 is 2.00 bits per heavy atom. The van der Waals surface area contributed by atoms with E-state index >= 15 is 0 Å². The van der Waals surface area contributed by atoms with E-state index in [2.05, 4.69) is 0 Å². The summed E-state index contributed by atoms with van der Waals surface area (Å²) in [5.74, 6) is -1.04. The van der Waals surface area contributed by atoms with Crippen LogP contribution in [-0.2, 0) is 14.8 Å². The van der Waals surface area contributed by atoms with Gasteiger partial charge < -0.3 is 4.74 Å². The van der Waals surface area contributed by atoms with Crippen LogP contribution in [0.25, 0.3) is 0 Å². The van der Waals surface area contributed by atoms with Gasteiger partial charge in [0.25, 0.3) is 0 Å². The maximum absolute atomic E-state index is 12.8. The molecule has 0 radical (unpaired) electrons. The molecule has 2 aromatic rings. The Labute approximate surface area is 175 Å². The van der Waals surface area contributed by atoms with E-state index in [1.54, 1.807) is 24.3 Å². The predicted octanol–water partition coefficient (Wildman–Crippen LogP) is 3.94. The van der Waals surface area contributed by atoms with Gasteiger partial charge in [0.15, 0.2) is 12.4 Å². The molecule has 1 fully saturated rings. The number of ketones is 1. The molecule has 0 aliphatic carbocycles. The summed E-state index contributed by atoms with van der Waals surface area (Å²) >= 11 is 5.78. The van der Waals surface area contributed by atoms with Gasteiger partial charge in [-0.25, -0.2) is 13.2 Å². The maximum atomic E-state index is 12.8. The largest absolute Gasteiger partial charge is 0.454 e. The van der Waals surface area contributed by atoms with E-state index in [1.165, 1.54) is 28.6 Å². The van der Waals surface area contributed by atoms with Crippen LogP contribution >= 0.6 is 11.6 Å². The standard InChI is InChI=1S/C21H22ClNO5S/c22-18-9-5-16(6-10-18)20(24)15-28-21(25)17-7-11-19(12-8-17)29(26,27)23-13-3-1-2-4-14-23/h5-12H,1-4,13-15H2. The van der Waals surface area contributed by atoms with Crippen molar-refractivity contribution in [2.75, 3.05) is 19.7 Å². The maximum Gasteiger partial charge on any atom is 0.338 e. The molecule has 1 aliphatic heterocycles. The van der Waals surface area contributed by atoms with Crippen LogP contribution in [0.3, 0.4) is 0 Å². The monoisotopic (exact) mass is 435 g/mol. The molecule has 29 heavy (non-hydrogen) atoms. The third-order valence-electron chi connectivity index (χ3n) is 4.79. The quantitative estimate of drug-likeness (QED) is 0.507. The third kappa shape index (κ3) is 5.44. The van der Waals surface area contributed by atoms with E-state index < -0.39 is 22.6 Å². The number of sulfonamides is 1. The minimum absolute atomic E-state index is 0.146. The lowest BCUT2D eigenvalue weighted by atomic mass is 10.1. The highest BCUT2D eigenvalue weighted by Crippen LogP contribution is 2.21. The predicted molar refractivity (Wildman–Crippen MR) is 110 cm³/mol. The molecule has 0 atom stereocenters. The molecule has 0 saturated carbocycles. The minimum atomic E-state index is -3.58. The Bertz CT molecular complexity index is 963. The van der Waals surface area contributed by atoms with Crippen molar-refractivity contribution in [1.29, 1.82) is 0 Å². The van der Waals surface area contributed by atoms with E-state index in [1.807, 2.05) is 0 Å². The van der Waals surface area contributed by atoms with Gasteiger partial charge in [0.2, 0.25) is 10.0 Å². The molecule has 6 nitrogen and oxygen atoms in total. The van der Waals surface area contributed by atoms with Gasteiger partial charge in [0.05, 0.1) is 10.5 Å². The zero-order valence-electron chi connectivity index (χ0n) is 15.8. The van der Waals surface area contributed by atoms with Crippen LogP contribution in [0.4, 0.5) is 0 Å². The Morgan fingerprint density at radius 2 is 1.41 bits per heavy atom. The average molecular weight is 436 g/mol. The van der Waals surface area contributed by atoms with Gasteiger partial charge in [-0.05, 0) is 61.4 Å². The lowest BCUT2D eigenvalue weighted by molar-refractivity contribution is 0.0474. The fourth-order valence-corrected chi connectivity index (χ4v) is 4.77. The third-order valence-corrected chi connectivity index (χ3v) is 6.96. The van der Waals surface area contributed by atoms with Crippen molar-refractivity contribution in [3.05, 3.63) is 64.7 Å². The van der Waals surface area contributed by atoms with E-state index in [0.717, 1.165) is 25.7 Å². The van der Waals surface area contributed by atoms with E-state index in [4.69, 9.17) is 16.3 Å². The SMILES string of the molecule is O=C(COC(=O)c1ccc(S(=O)(=O)N2CCCCCC2)cc1)c1ccc(Cl)cc1. The van der Waals surface area contributed by atoms with Gasteiger partial charge in [0, 0.05) is 23.7 Å². The molecule has 0 bridgehead atoms.